The summed E-state index contributed by atoms with van der Waals surface area (Å²) >= 11 is 1.54. The summed E-state index contributed by atoms with van der Waals surface area (Å²) in [6.07, 6.45) is 1.11. The lowest BCUT2D eigenvalue weighted by Gasteiger charge is -2.26. The number of nitrogens with zero attached hydrogens (tertiary/aromatic N) is 4. The largest absolute Gasteiger partial charge is 0.367 e. The highest BCUT2D eigenvalue weighted by atomic mass is 32.1. The summed E-state index contributed by atoms with van der Waals surface area (Å²) in [7, 11) is 3.48. The maximum absolute atomic E-state index is 13.4. The fraction of sp³-hybridized carbons (Fsp3) is 0.350. The first-order valence-corrected chi connectivity index (χ1v) is 9.63. The number of aryl methyl sites for hydroxylation is 2. The molecule has 0 saturated carbocycles. The van der Waals surface area contributed by atoms with E-state index in [1.807, 2.05) is 61.3 Å². The molecular weight excluding hydrogens is 360 g/mol. The Labute approximate surface area is 163 Å². The molecule has 1 aromatic carbocycles. The quantitative estimate of drug-likeness (QED) is 0.626. The molecule has 6 nitrogen and oxygen atoms in total. The summed E-state index contributed by atoms with van der Waals surface area (Å²) in [5.41, 5.74) is 3.89. The third-order valence-electron chi connectivity index (χ3n) is 4.69. The maximum Gasteiger partial charge on any atom is 0.257 e. The molecule has 7 heteroatoms. The Kier molecular flexibility index (Phi) is 6.03. The molecule has 0 unspecified atom stereocenters. The molecule has 2 aromatic heterocycles. The predicted molar refractivity (Wildman–Crippen MR) is 105 cm³/mol. The number of hydrogen-bond donors (Lipinski definition) is 0. The van der Waals surface area contributed by atoms with Crippen LogP contribution in [0.25, 0.3) is 0 Å². The Bertz CT molecular complexity index is 890. The van der Waals surface area contributed by atoms with E-state index in [9.17, 15) is 4.79 Å². The van der Waals surface area contributed by atoms with Crippen LogP contribution in [0.3, 0.4) is 0 Å². The summed E-state index contributed by atoms with van der Waals surface area (Å²) in [5.74, 6) is -0.0819. The third-order valence-corrected chi connectivity index (χ3v) is 5.46. The van der Waals surface area contributed by atoms with Crippen LogP contribution in [-0.2, 0) is 29.7 Å². The van der Waals surface area contributed by atoms with Gasteiger partial charge in [0.2, 0.25) is 0 Å². The molecular formula is C20H24N4O2S. The number of ether oxygens (including phenoxy) is 1. The fourth-order valence-corrected chi connectivity index (χ4v) is 3.75. The summed E-state index contributed by atoms with van der Waals surface area (Å²) < 4.78 is 7.42. The van der Waals surface area contributed by atoms with E-state index < -0.39 is 6.10 Å². The number of rotatable bonds is 7. The van der Waals surface area contributed by atoms with Crippen molar-refractivity contribution in [2.45, 2.75) is 33.0 Å². The Morgan fingerprint density at radius 2 is 2.00 bits per heavy atom. The molecule has 0 aliphatic rings. The normalized spacial score (nSPS) is 12.1. The summed E-state index contributed by atoms with van der Waals surface area (Å²) in [5, 5.41) is 7.29. The second-order valence-electron chi connectivity index (χ2n) is 6.42. The van der Waals surface area contributed by atoms with E-state index >= 15 is 0 Å². The number of hydrogen-bond acceptors (Lipinski definition) is 5. The van der Waals surface area contributed by atoms with Crippen LogP contribution < -0.4 is 0 Å². The SMILES string of the molecule is CO[C@H](C(=O)N(Cc1nccs1)Cc1c(C)nn(C)c1C)c1ccccc1. The molecule has 142 valence electrons. The van der Waals surface area contributed by atoms with Crippen LogP contribution in [0.4, 0.5) is 0 Å². The molecule has 3 rings (SSSR count). The minimum absolute atomic E-state index is 0.0819. The molecule has 3 aromatic rings. The van der Waals surface area contributed by atoms with Gasteiger partial charge >= 0.3 is 0 Å². The number of carbonyl (C=O) groups excluding carboxylic acids is 1. The fourth-order valence-electron chi connectivity index (χ4n) is 3.12. The minimum atomic E-state index is -0.650. The summed E-state index contributed by atoms with van der Waals surface area (Å²) in [4.78, 5) is 19.5. The van der Waals surface area contributed by atoms with Gasteiger partial charge in [-0.1, -0.05) is 30.3 Å². The zero-order valence-corrected chi connectivity index (χ0v) is 16.9. The average Bonchev–Trinajstić information content (AvgIpc) is 3.26. The topological polar surface area (TPSA) is 60.2 Å². The molecule has 0 aliphatic carbocycles. The molecule has 0 bridgehead atoms. The second kappa shape index (κ2) is 8.45. The van der Waals surface area contributed by atoms with E-state index in [1.54, 1.807) is 29.5 Å². The zero-order valence-electron chi connectivity index (χ0n) is 16.0. The van der Waals surface area contributed by atoms with Gasteiger partial charge in [-0.3, -0.25) is 9.48 Å². The highest BCUT2D eigenvalue weighted by Gasteiger charge is 2.28. The van der Waals surface area contributed by atoms with Crippen molar-refractivity contribution < 1.29 is 9.53 Å². The molecule has 2 heterocycles. The minimum Gasteiger partial charge on any atom is -0.367 e. The van der Waals surface area contributed by atoms with E-state index in [4.69, 9.17) is 4.74 Å². The van der Waals surface area contributed by atoms with Crippen molar-refractivity contribution in [2.24, 2.45) is 7.05 Å². The molecule has 0 radical (unpaired) electrons. The highest BCUT2D eigenvalue weighted by molar-refractivity contribution is 7.09. The van der Waals surface area contributed by atoms with Crippen molar-refractivity contribution in [3.63, 3.8) is 0 Å². The Morgan fingerprint density at radius 1 is 1.26 bits per heavy atom. The Balaban J connectivity index is 1.92. The number of methoxy groups -OCH3 is 1. The maximum atomic E-state index is 13.4. The number of benzene rings is 1. The molecule has 0 saturated heterocycles. The zero-order chi connectivity index (χ0) is 19.4. The van der Waals surface area contributed by atoms with Gasteiger partial charge in [0.25, 0.3) is 5.91 Å². The van der Waals surface area contributed by atoms with E-state index in [0.717, 1.165) is 27.5 Å². The van der Waals surface area contributed by atoms with Gasteiger partial charge in [0.15, 0.2) is 6.10 Å². The lowest BCUT2D eigenvalue weighted by molar-refractivity contribution is -0.143. The van der Waals surface area contributed by atoms with Gasteiger partial charge in [0, 0.05) is 43.5 Å². The number of thiazole rings is 1. The molecule has 0 N–H and O–H groups in total. The van der Waals surface area contributed by atoms with Crippen LogP contribution in [0.15, 0.2) is 41.9 Å². The Hall–Kier alpha value is -2.51. The van der Waals surface area contributed by atoms with Crippen LogP contribution in [0.2, 0.25) is 0 Å². The molecule has 0 fully saturated rings. The second-order valence-corrected chi connectivity index (χ2v) is 7.40. The first-order valence-electron chi connectivity index (χ1n) is 8.75. The van der Waals surface area contributed by atoms with E-state index in [0.29, 0.717) is 13.1 Å². The third kappa shape index (κ3) is 4.26. The van der Waals surface area contributed by atoms with E-state index in [-0.39, 0.29) is 5.91 Å². The van der Waals surface area contributed by atoms with Gasteiger partial charge in [0.05, 0.1) is 12.2 Å². The monoisotopic (exact) mass is 384 g/mol. The van der Waals surface area contributed by atoms with Gasteiger partial charge < -0.3 is 9.64 Å². The molecule has 0 spiro atoms. The van der Waals surface area contributed by atoms with Crippen LogP contribution in [0.5, 0.6) is 0 Å². The number of aromatic nitrogens is 3. The van der Waals surface area contributed by atoms with Gasteiger partial charge in [-0.05, 0) is 19.4 Å². The highest BCUT2D eigenvalue weighted by Crippen LogP contribution is 2.24. The van der Waals surface area contributed by atoms with Gasteiger partial charge in [-0.25, -0.2) is 4.98 Å². The molecule has 27 heavy (non-hydrogen) atoms. The standard InChI is InChI=1S/C20H24N4O2S/c1-14-17(15(2)23(3)22-14)12-24(13-18-21-10-11-27-18)20(25)19(26-4)16-8-6-5-7-9-16/h5-11,19H,12-13H2,1-4H3/t19-/m0/s1. The van der Waals surface area contributed by atoms with Crippen molar-refractivity contribution in [3.05, 3.63) is 69.4 Å². The van der Waals surface area contributed by atoms with Crippen LogP contribution in [0.1, 0.15) is 33.6 Å². The predicted octanol–water partition coefficient (Wildman–Crippen LogP) is 3.41. The van der Waals surface area contributed by atoms with Gasteiger partial charge in [0.1, 0.15) is 5.01 Å². The van der Waals surface area contributed by atoms with Crippen LogP contribution in [0, 0.1) is 13.8 Å². The van der Waals surface area contributed by atoms with Crippen molar-refractivity contribution in [1.82, 2.24) is 19.7 Å². The number of amides is 1. The Morgan fingerprint density at radius 3 is 2.56 bits per heavy atom. The molecule has 1 atom stereocenters. The van der Waals surface area contributed by atoms with Crippen LogP contribution in [-0.4, -0.2) is 32.7 Å². The lowest BCUT2D eigenvalue weighted by atomic mass is 10.1. The lowest BCUT2D eigenvalue weighted by Crippen LogP contribution is -2.35. The van der Waals surface area contributed by atoms with Crippen molar-refractivity contribution >= 4 is 17.2 Å². The van der Waals surface area contributed by atoms with Gasteiger partial charge in [-0.2, -0.15) is 5.10 Å². The first kappa shape index (κ1) is 19.3. The molecule has 1 amide bonds. The number of carbonyl (C=O) groups is 1. The first-order chi connectivity index (χ1) is 13.0. The summed E-state index contributed by atoms with van der Waals surface area (Å²) in [6.45, 7) is 4.90. The van der Waals surface area contributed by atoms with Crippen molar-refractivity contribution in [1.29, 1.82) is 0 Å². The molecule has 0 aliphatic heterocycles. The average molecular weight is 385 g/mol. The van der Waals surface area contributed by atoms with Crippen molar-refractivity contribution in [3.8, 4) is 0 Å². The van der Waals surface area contributed by atoms with E-state index in [1.165, 1.54) is 0 Å². The van der Waals surface area contributed by atoms with Crippen molar-refractivity contribution in [2.75, 3.05) is 7.11 Å². The van der Waals surface area contributed by atoms with Gasteiger partial charge in [-0.15, -0.1) is 11.3 Å². The van der Waals surface area contributed by atoms with Crippen LogP contribution >= 0.6 is 11.3 Å². The van der Waals surface area contributed by atoms with E-state index in [2.05, 4.69) is 10.1 Å². The summed E-state index contributed by atoms with van der Waals surface area (Å²) in [6, 6.07) is 9.57. The smallest absolute Gasteiger partial charge is 0.257 e.